The number of Topliss-reactive ketones (excluding diaryl/α,β-unsaturated/α-hetero) is 1. The van der Waals surface area contributed by atoms with Gasteiger partial charge in [-0.15, -0.1) is 0 Å². The highest BCUT2D eigenvalue weighted by atomic mass is 16.7. The molecular weight excluding hydrogens is 406 g/mol. The Hall–Kier alpha value is -3.61. The standard InChI is InChI=1S/C25H25N3O4/c1-14-21(24(30)28-16-5-4-8-26-12-16)22(15-6-7-19-20(9-15)32-13-31-19)23-17(27-14)10-25(2,3)11-18(23)29/h4-9,12,22,27H,10-11,13H2,1-3H3,(H,28,30). The van der Waals surface area contributed by atoms with E-state index in [-0.39, 0.29) is 23.9 Å². The largest absolute Gasteiger partial charge is 0.454 e. The normalized spacial score (nSPS) is 21.2. The van der Waals surface area contributed by atoms with E-state index in [0.29, 0.717) is 34.8 Å². The van der Waals surface area contributed by atoms with E-state index in [1.54, 1.807) is 24.5 Å². The third kappa shape index (κ3) is 3.53. The molecule has 0 saturated heterocycles. The van der Waals surface area contributed by atoms with Gasteiger partial charge in [0.2, 0.25) is 6.79 Å². The van der Waals surface area contributed by atoms with Crippen LogP contribution in [-0.2, 0) is 9.59 Å². The average molecular weight is 431 g/mol. The van der Waals surface area contributed by atoms with Crippen LogP contribution in [0.15, 0.2) is 65.3 Å². The van der Waals surface area contributed by atoms with Gasteiger partial charge in [0.05, 0.1) is 11.9 Å². The van der Waals surface area contributed by atoms with Crippen molar-refractivity contribution in [1.29, 1.82) is 0 Å². The summed E-state index contributed by atoms with van der Waals surface area (Å²) in [6, 6.07) is 9.17. The first kappa shape index (κ1) is 20.3. The van der Waals surface area contributed by atoms with Crippen LogP contribution in [0.2, 0.25) is 0 Å². The summed E-state index contributed by atoms with van der Waals surface area (Å²) in [4.78, 5) is 30.9. The van der Waals surface area contributed by atoms with E-state index in [4.69, 9.17) is 9.47 Å². The number of carbonyl (C=O) groups excluding carboxylic acids is 2. The quantitative estimate of drug-likeness (QED) is 0.762. The number of hydrogen-bond donors (Lipinski definition) is 2. The van der Waals surface area contributed by atoms with Gasteiger partial charge >= 0.3 is 0 Å². The lowest BCUT2D eigenvalue weighted by molar-refractivity contribution is -0.118. The Bertz CT molecular complexity index is 1180. The molecule has 0 saturated carbocycles. The summed E-state index contributed by atoms with van der Waals surface area (Å²) in [5, 5.41) is 6.31. The molecule has 0 spiro atoms. The molecule has 7 heteroatoms. The van der Waals surface area contributed by atoms with E-state index in [0.717, 1.165) is 23.4 Å². The van der Waals surface area contributed by atoms with Crippen molar-refractivity contribution in [3.8, 4) is 11.5 Å². The monoisotopic (exact) mass is 431 g/mol. The summed E-state index contributed by atoms with van der Waals surface area (Å²) in [7, 11) is 0. The summed E-state index contributed by atoms with van der Waals surface area (Å²) in [6.07, 6.45) is 4.42. The van der Waals surface area contributed by atoms with Crippen LogP contribution in [-0.4, -0.2) is 23.5 Å². The van der Waals surface area contributed by atoms with Crippen LogP contribution in [0, 0.1) is 5.41 Å². The number of hydrogen-bond acceptors (Lipinski definition) is 6. The molecule has 0 bridgehead atoms. The number of carbonyl (C=O) groups is 2. The van der Waals surface area contributed by atoms with E-state index < -0.39 is 5.92 Å². The van der Waals surface area contributed by atoms with Crippen molar-refractivity contribution < 1.29 is 19.1 Å². The number of ketones is 1. The first-order valence-electron chi connectivity index (χ1n) is 10.7. The molecule has 2 N–H and O–H groups in total. The molecule has 164 valence electrons. The Balaban J connectivity index is 1.62. The van der Waals surface area contributed by atoms with Crippen LogP contribution < -0.4 is 20.1 Å². The van der Waals surface area contributed by atoms with Crippen LogP contribution in [0.4, 0.5) is 5.69 Å². The number of pyridine rings is 1. The maximum atomic E-state index is 13.5. The summed E-state index contributed by atoms with van der Waals surface area (Å²) >= 11 is 0. The zero-order valence-electron chi connectivity index (χ0n) is 18.3. The summed E-state index contributed by atoms with van der Waals surface area (Å²) in [5.41, 5.74) is 4.08. The minimum absolute atomic E-state index is 0.0607. The molecule has 1 aliphatic carbocycles. The zero-order valence-corrected chi connectivity index (χ0v) is 18.3. The maximum Gasteiger partial charge on any atom is 0.254 e. The molecule has 1 aromatic heterocycles. The molecule has 2 aromatic rings. The van der Waals surface area contributed by atoms with E-state index in [9.17, 15) is 9.59 Å². The number of fused-ring (bicyclic) bond motifs is 1. The topological polar surface area (TPSA) is 89.6 Å². The summed E-state index contributed by atoms with van der Waals surface area (Å²) in [6.45, 7) is 6.23. The molecule has 1 unspecified atom stereocenters. The van der Waals surface area contributed by atoms with Gasteiger partial charge in [-0.05, 0) is 48.6 Å². The summed E-state index contributed by atoms with van der Waals surface area (Å²) < 4.78 is 11.0. The minimum Gasteiger partial charge on any atom is -0.454 e. The van der Waals surface area contributed by atoms with Gasteiger partial charge in [-0.3, -0.25) is 14.6 Å². The van der Waals surface area contributed by atoms with Gasteiger partial charge in [0, 0.05) is 41.1 Å². The highest BCUT2D eigenvalue weighted by Gasteiger charge is 2.43. The van der Waals surface area contributed by atoms with Crippen molar-refractivity contribution in [1.82, 2.24) is 10.3 Å². The number of nitrogens with zero attached hydrogens (tertiary/aromatic N) is 1. The predicted octanol–water partition coefficient (Wildman–Crippen LogP) is 4.05. The second-order valence-corrected chi connectivity index (χ2v) is 9.24. The molecule has 0 radical (unpaired) electrons. The molecule has 3 aliphatic rings. The zero-order chi connectivity index (χ0) is 22.5. The van der Waals surface area contributed by atoms with Crippen LogP contribution >= 0.6 is 0 Å². The van der Waals surface area contributed by atoms with Gasteiger partial charge in [0.1, 0.15) is 0 Å². The fourth-order valence-electron chi connectivity index (χ4n) is 4.80. The van der Waals surface area contributed by atoms with Crippen molar-refractivity contribution in [2.75, 3.05) is 12.1 Å². The van der Waals surface area contributed by atoms with Crippen molar-refractivity contribution in [3.05, 3.63) is 70.8 Å². The Morgan fingerprint density at radius 3 is 2.78 bits per heavy atom. The molecule has 1 amide bonds. The first-order valence-corrected chi connectivity index (χ1v) is 10.7. The van der Waals surface area contributed by atoms with Crippen molar-refractivity contribution in [2.24, 2.45) is 5.41 Å². The molecule has 5 rings (SSSR count). The molecule has 7 nitrogen and oxygen atoms in total. The lowest BCUT2D eigenvalue weighted by Crippen LogP contribution is -2.39. The van der Waals surface area contributed by atoms with Crippen LogP contribution in [0.25, 0.3) is 0 Å². The molecule has 0 fully saturated rings. The number of ether oxygens (including phenoxy) is 2. The molecule has 3 heterocycles. The molecular formula is C25H25N3O4. The SMILES string of the molecule is CC1=C(C(=O)Nc2cccnc2)C(c2ccc3c(c2)OCO3)C2=C(CC(C)(C)CC2=O)N1. The van der Waals surface area contributed by atoms with Crippen molar-refractivity contribution in [2.45, 2.75) is 39.5 Å². The van der Waals surface area contributed by atoms with Crippen LogP contribution in [0.5, 0.6) is 11.5 Å². The number of rotatable bonds is 3. The second kappa shape index (κ2) is 7.51. The first-order chi connectivity index (χ1) is 15.3. The van der Waals surface area contributed by atoms with Crippen molar-refractivity contribution >= 4 is 17.4 Å². The number of aromatic nitrogens is 1. The number of amides is 1. The fourth-order valence-corrected chi connectivity index (χ4v) is 4.80. The molecule has 1 aromatic carbocycles. The van der Waals surface area contributed by atoms with E-state index in [1.165, 1.54) is 0 Å². The molecule has 1 atom stereocenters. The van der Waals surface area contributed by atoms with E-state index in [1.807, 2.05) is 25.1 Å². The summed E-state index contributed by atoms with van der Waals surface area (Å²) in [5.74, 6) is 0.577. The number of dihydropyridines is 1. The van der Waals surface area contributed by atoms with E-state index >= 15 is 0 Å². The van der Waals surface area contributed by atoms with E-state index in [2.05, 4.69) is 29.5 Å². The van der Waals surface area contributed by atoms with Gasteiger partial charge in [-0.1, -0.05) is 19.9 Å². The average Bonchev–Trinajstić information content (AvgIpc) is 3.20. The molecule has 32 heavy (non-hydrogen) atoms. The van der Waals surface area contributed by atoms with Crippen LogP contribution in [0.1, 0.15) is 45.1 Å². The predicted molar refractivity (Wildman–Crippen MR) is 119 cm³/mol. The number of nitrogens with one attached hydrogen (secondary N) is 2. The Morgan fingerprint density at radius 2 is 2.00 bits per heavy atom. The molecule has 2 aliphatic heterocycles. The maximum absolute atomic E-state index is 13.5. The number of benzene rings is 1. The van der Waals surface area contributed by atoms with Gasteiger partial charge in [-0.2, -0.15) is 0 Å². The van der Waals surface area contributed by atoms with Gasteiger partial charge < -0.3 is 20.1 Å². The van der Waals surface area contributed by atoms with Gasteiger partial charge in [0.25, 0.3) is 5.91 Å². The van der Waals surface area contributed by atoms with Gasteiger partial charge in [-0.25, -0.2) is 0 Å². The highest BCUT2D eigenvalue weighted by Crippen LogP contribution is 2.48. The van der Waals surface area contributed by atoms with Crippen molar-refractivity contribution in [3.63, 3.8) is 0 Å². The van der Waals surface area contributed by atoms with Crippen LogP contribution in [0.3, 0.4) is 0 Å². The third-order valence-electron chi connectivity index (χ3n) is 6.13. The highest BCUT2D eigenvalue weighted by molar-refractivity contribution is 6.09. The smallest absolute Gasteiger partial charge is 0.254 e. The lowest BCUT2D eigenvalue weighted by Gasteiger charge is -2.39. The second-order valence-electron chi connectivity index (χ2n) is 9.24. The fraction of sp³-hybridized carbons (Fsp3) is 0.320. The number of allylic oxidation sites excluding steroid dienone is 3. The third-order valence-corrected chi connectivity index (χ3v) is 6.13. The number of anilines is 1. The Morgan fingerprint density at radius 1 is 1.19 bits per heavy atom. The minimum atomic E-state index is -0.499. The van der Waals surface area contributed by atoms with Gasteiger partial charge in [0.15, 0.2) is 17.3 Å². The lowest BCUT2D eigenvalue weighted by atomic mass is 9.68. The Kier molecular flexibility index (Phi) is 4.77. The Labute approximate surface area is 186 Å².